The molecule has 1 aromatic carbocycles. The van der Waals surface area contributed by atoms with E-state index in [-0.39, 0.29) is 5.75 Å². The lowest BCUT2D eigenvalue weighted by molar-refractivity contribution is 0.418. The van der Waals surface area contributed by atoms with Gasteiger partial charge < -0.3 is 10.8 Å². The monoisotopic (exact) mass is 203 g/mol. The van der Waals surface area contributed by atoms with Crippen molar-refractivity contribution in [2.75, 3.05) is 5.73 Å². The first kappa shape index (κ1) is 9.08. The third-order valence-corrected chi connectivity index (χ3v) is 4.38. The van der Waals surface area contributed by atoms with Crippen molar-refractivity contribution in [1.29, 1.82) is 0 Å². The van der Waals surface area contributed by atoms with Gasteiger partial charge in [0.15, 0.2) is 0 Å². The molecule has 3 N–H and O–H groups in total. The van der Waals surface area contributed by atoms with Gasteiger partial charge >= 0.3 is 0 Å². The fourth-order valence-corrected chi connectivity index (χ4v) is 3.48. The van der Waals surface area contributed by atoms with Crippen molar-refractivity contribution in [2.24, 2.45) is 5.92 Å². The summed E-state index contributed by atoms with van der Waals surface area (Å²) in [4.78, 5) is 0. The summed E-state index contributed by atoms with van der Waals surface area (Å²) in [6.45, 7) is 0. The van der Waals surface area contributed by atoms with Crippen molar-refractivity contribution in [3.63, 3.8) is 0 Å². The zero-order valence-electron chi connectivity index (χ0n) is 8.87. The molecule has 0 radical (unpaired) electrons. The summed E-state index contributed by atoms with van der Waals surface area (Å²) in [6.07, 6.45) is 6.70. The smallest absolute Gasteiger partial charge is 0.138 e. The van der Waals surface area contributed by atoms with Crippen LogP contribution in [0.4, 0.5) is 5.69 Å². The maximum absolute atomic E-state index is 9.43. The number of hydrogen-bond acceptors (Lipinski definition) is 2. The molecule has 2 aliphatic rings. The van der Waals surface area contributed by atoms with Crippen LogP contribution >= 0.6 is 0 Å². The van der Waals surface area contributed by atoms with Crippen molar-refractivity contribution >= 4 is 5.69 Å². The van der Waals surface area contributed by atoms with Crippen molar-refractivity contribution in [3.05, 3.63) is 23.8 Å². The van der Waals surface area contributed by atoms with Crippen LogP contribution in [0.25, 0.3) is 0 Å². The topological polar surface area (TPSA) is 46.2 Å². The number of fused-ring (bicyclic) bond motifs is 2. The fourth-order valence-electron chi connectivity index (χ4n) is 3.48. The minimum absolute atomic E-state index is 0.211. The Kier molecular flexibility index (Phi) is 1.76. The molecule has 1 aromatic rings. The molecule has 2 bridgehead atoms. The third kappa shape index (κ3) is 1.24. The van der Waals surface area contributed by atoms with Crippen LogP contribution in [0.1, 0.15) is 37.7 Å². The van der Waals surface area contributed by atoms with E-state index in [2.05, 4.69) is 6.07 Å². The summed E-state index contributed by atoms with van der Waals surface area (Å²) in [7, 11) is 0. The van der Waals surface area contributed by atoms with Crippen LogP contribution in [0.5, 0.6) is 5.75 Å². The zero-order chi connectivity index (χ0) is 10.5. The Morgan fingerprint density at radius 3 is 2.53 bits per heavy atom. The Hall–Kier alpha value is -1.18. The van der Waals surface area contributed by atoms with E-state index in [0.717, 1.165) is 5.92 Å². The number of benzene rings is 1. The predicted molar refractivity (Wildman–Crippen MR) is 60.8 cm³/mol. The first-order valence-corrected chi connectivity index (χ1v) is 5.79. The average molecular weight is 203 g/mol. The quantitative estimate of drug-likeness (QED) is 0.544. The number of nitrogens with two attached hydrogens (primary N) is 1. The van der Waals surface area contributed by atoms with E-state index in [1.165, 1.54) is 37.7 Å². The van der Waals surface area contributed by atoms with Crippen LogP contribution in [0, 0.1) is 5.92 Å². The Morgan fingerprint density at radius 1 is 1.27 bits per heavy atom. The molecule has 0 atom stereocenters. The first-order chi connectivity index (χ1) is 7.20. The number of hydrogen-bond donors (Lipinski definition) is 2. The highest BCUT2D eigenvalue weighted by molar-refractivity contribution is 5.55. The lowest BCUT2D eigenvalue weighted by atomic mass is 9.77. The summed E-state index contributed by atoms with van der Waals surface area (Å²) in [5.41, 5.74) is 8.03. The molecular weight excluding hydrogens is 186 g/mol. The van der Waals surface area contributed by atoms with E-state index in [9.17, 15) is 5.11 Å². The van der Waals surface area contributed by atoms with Gasteiger partial charge in [-0.05, 0) is 61.1 Å². The second kappa shape index (κ2) is 2.91. The summed E-state index contributed by atoms with van der Waals surface area (Å²) >= 11 is 0. The Bertz CT molecular complexity index is 392. The van der Waals surface area contributed by atoms with Gasteiger partial charge in [0, 0.05) is 0 Å². The van der Waals surface area contributed by atoms with Gasteiger partial charge in [0.25, 0.3) is 0 Å². The summed E-state index contributed by atoms with van der Waals surface area (Å²) < 4.78 is 0. The van der Waals surface area contributed by atoms with Gasteiger partial charge in [0.05, 0.1) is 5.69 Å². The van der Waals surface area contributed by atoms with Crippen LogP contribution in [0.2, 0.25) is 0 Å². The van der Waals surface area contributed by atoms with E-state index in [1.807, 2.05) is 6.07 Å². The van der Waals surface area contributed by atoms with Crippen molar-refractivity contribution in [1.82, 2.24) is 0 Å². The van der Waals surface area contributed by atoms with E-state index in [0.29, 0.717) is 11.1 Å². The molecule has 0 aromatic heterocycles. The average Bonchev–Trinajstić information content (AvgIpc) is 2.83. The second-order valence-electron chi connectivity index (χ2n) is 5.20. The number of phenolic OH excluding ortho intramolecular Hbond substituents is 1. The van der Waals surface area contributed by atoms with Crippen LogP contribution in [0.15, 0.2) is 18.2 Å². The second-order valence-corrected chi connectivity index (χ2v) is 5.20. The van der Waals surface area contributed by atoms with Gasteiger partial charge in [-0.1, -0.05) is 6.07 Å². The molecule has 80 valence electrons. The van der Waals surface area contributed by atoms with Gasteiger partial charge in [-0.15, -0.1) is 0 Å². The molecule has 0 aliphatic heterocycles. The summed E-state index contributed by atoms with van der Waals surface area (Å²) in [5, 5.41) is 9.43. The first-order valence-electron chi connectivity index (χ1n) is 5.79. The molecule has 2 fully saturated rings. The molecule has 2 saturated carbocycles. The minimum atomic E-state index is 0.211. The normalized spacial score (nSPS) is 33.5. The third-order valence-electron chi connectivity index (χ3n) is 4.38. The molecule has 3 rings (SSSR count). The maximum atomic E-state index is 9.43. The molecule has 2 nitrogen and oxygen atoms in total. The molecule has 0 saturated heterocycles. The number of aromatic hydroxyl groups is 1. The van der Waals surface area contributed by atoms with Gasteiger partial charge in [-0.3, -0.25) is 0 Å². The van der Waals surface area contributed by atoms with Crippen LogP contribution in [-0.2, 0) is 5.41 Å². The van der Waals surface area contributed by atoms with E-state index >= 15 is 0 Å². The fraction of sp³-hybridized carbons (Fsp3) is 0.538. The summed E-state index contributed by atoms with van der Waals surface area (Å²) in [6, 6.07) is 5.77. The van der Waals surface area contributed by atoms with Crippen molar-refractivity contribution < 1.29 is 5.11 Å². The van der Waals surface area contributed by atoms with Crippen LogP contribution in [0.3, 0.4) is 0 Å². The van der Waals surface area contributed by atoms with Crippen molar-refractivity contribution in [2.45, 2.75) is 37.5 Å². The van der Waals surface area contributed by atoms with Gasteiger partial charge in [-0.25, -0.2) is 0 Å². The Balaban J connectivity index is 2.02. The minimum Gasteiger partial charge on any atom is -0.506 e. The van der Waals surface area contributed by atoms with E-state index < -0.39 is 0 Å². The number of anilines is 1. The molecule has 2 aliphatic carbocycles. The van der Waals surface area contributed by atoms with E-state index in [1.54, 1.807) is 6.07 Å². The number of nitrogen functional groups attached to an aromatic ring is 1. The van der Waals surface area contributed by atoms with Gasteiger partial charge in [-0.2, -0.15) is 0 Å². The van der Waals surface area contributed by atoms with Crippen LogP contribution in [-0.4, -0.2) is 5.11 Å². The van der Waals surface area contributed by atoms with E-state index in [4.69, 9.17) is 5.73 Å². The van der Waals surface area contributed by atoms with Gasteiger partial charge in [0.2, 0.25) is 0 Å². The highest BCUT2D eigenvalue weighted by Gasteiger charge is 2.45. The molecule has 15 heavy (non-hydrogen) atoms. The highest BCUT2D eigenvalue weighted by atomic mass is 16.3. The standard InChI is InChI=1S/C13H17NO/c14-11-7-10(1-2-12(11)15)13-5-3-9(8-13)4-6-13/h1-2,7,9,15H,3-6,8,14H2. The largest absolute Gasteiger partial charge is 0.506 e. The predicted octanol–water partition coefficient (Wildman–Crippen LogP) is 2.81. The lowest BCUT2D eigenvalue weighted by Gasteiger charge is -2.27. The van der Waals surface area contributed by atoms with Crippen LogP contribution < -0.4 is 5.73 Å². The SMILES string of the molecule is Nc1cc(C23CCC(CC2)C3)ccc1O. The molecule has 2 heteroatoms. The van der Waals surface area contributed by atoms with Gasteiger partial charge in [0.1, 0.15) is 5.75 Å². The zero-order valence-corrected chi connectivity index (χ0v) is 8.87. The van der Waals surface area contributed by atoms with Crippen molar-refractivity contribution in [3.8, 4) is 5.75 Å². The highest BCUT2D eigenvalue weighted by Crippen LogP contribution is 2.55. The lowest BCUT2D eigenvalue weighted by Crippen LogP contribution is -2.19. The molecule has 0 heterocycles. The number of phenols is 1. The molecule has 0 spiro atoms. The Labute approximate surface area is 90.1 Å². The molecular formula is C13H17NO. The molecule has 0 amide bonds. The summed E-state index contributed by atoms with van der Waals surface area (Å²) in [5.74, 6) is 1.16. The Morgan fingerprint density at radius 2 is 2.00 bits per heavy atom. The number of rotatable bonds is 1. The maximum Gasteiger partial charge on any atom is 0.138 e. The molecule has 0 unspecified atom stereocenters.